The van der Waals surface area contributed by atoms with Gasteiger partial charge in [0.25, 0.3) is 5.91 Å². The van der Waals surface area contributed by atoms with Gasteiger partial charge in [-0.2, -0.15) is 0 Å². The highest BCUT2D eigenvalue weighted by atomic mass is 32.2. The van der Waals surface area contributed by atoms with Crippen LogP contribution in [0.3, 0.4) is 0 Å². The highest BCUT2D eigenvalue weighted by Crippen LogP contribution is 2.30. The van der Waals surface area contributed by atoms with E-state index in [0.717, 1.165) is 12.8 Å². The number of benzene rings is 1. The van der Waals surface area contributed by atoms with Crippen LogP contribution in [0.25, 0.3) is 0 Å². The summed E-state index contributed by atoms with van der Waals surface area (Å²) >= 11 is 0. The fourth-order valence-corrected chi connectivity index (χ4v) is 4.86. The Hall–Kier alpha value is -1.60. The van der Waals surface area contributed by atoms with Crippen LogP contribution in [0.4, 0.5) is 5.69 Å². The van der Waals surface area contributed by atoms with Crippen molar-refractivity contribution in [1.29, 1.82) is 0 Å². The van der Waals surface area contributed by atoms with Crippen molar-refractivity contribution in [1.82, 2.24) is 10.2 Å². The summed E-state index contributed by atoms with van der Waals surface area (Å²) in [6, 6.07) is 6.67. The fraction of sp³-hybridized carbons (Fsp3) is 0.650. The minimum absolute atomic E-state index is 0.00745. The zero-order valence-corrected chi connectivity index (χ0v) is 17.6. The van der Waals surface area contributed by atoms with Crippen LogP contribution in [0.2, 0.25) is 0 Å². The lowest BCUT2D eigenvalue weighted by Gasteiger charge is -2.39. The van der Waals surface area contributed by atoms with Crippen LogP contribution < -0.4 is 10.0 Å². The number of anilines is 1. The second-order valence-corrected chi connectivity index (χ2v) is 9.56. The van der Waals surface area contributed by atoms with Gasteiger partial charge in [0, 0.05) is 23.3 Å². The molecule has 2 N–H and O–H groups in total. The Morgan fingerprint density at radius 2 is 1.81 bits per heavy atom. The second kappa shape index (κ2) is 9.55. The molecular weight excluding hydrogens is 362 g/mol. The van der Waals surface area contributed by atoms with Crippen LogP contribution >= 0.6 is 0 Å². The number of nitrogens with one attached hydrogen (secondary N) is 2. The normalized spacial score (nSPS) is 17.3. The summed E-state index contributed by atoms with van der Waals surface area (Å²) in [5, 5.41) is 3.08. The highest BCUT2D eigenvalue weighted by Gasteiger charge is 2.33. The van der Waals surface area contributed by atoms with Gasteiger partial charge < -0.3 is 10.2 Å². The summed E-state index contributed by atoms with van der Waals surface area (Å²) in [6.45, 7) is 2.42. The van der Waals surface area contributed by atoms with E-state index in [9.17, 15) is 13.2 Å². The monoisotopic (exact) mass is 395 g/mol. The van der Waals surface area contributed by atoms with Crippen LogP contribution in [0, 0.1) is 0 Å². The Labute approximate surface area is 163 Å². The average Bonchev–Trinajstić information content (AvgIpc) is 2.86. The number of nitrogens with zero attached hydrogens (tertiary/aromatic N) is 1. The number of hydrogen-bond acceptors (Lipinski definition) is 4. The van der Waals surface area contributed by atoms with Crippen molar-refractivity contribution in [2.45, 2.75) is 57.4 Å². The van der Waals surface area contributed by atoms with Gasteiger partial charge in [0.05, 0.1) is 5.75 Å². The first-order chi connectivity index (χ1) is 12.8. The van der Waals surface area contributed by atoms with Crippen molar-refractivity contribution < 1.29 is 13.2 Å². The van der Waals surface area contributed by atoms with E-state index in [2.05, 4.69) is 29.0 Å². The van der Waals surface area contributed by atoms with Crippen molar-refractivity contribution in [3.05, 3.63) is 29.8 Å². The van der Waals surface area contributed by atoms with E-state index in [1.54, 1.807) is 24.3 Å². The Kier molecular flexibility index (Phi) is 7.68. The molecule has 0 aliphatic heterocycles. The van der Waals surface area contributed by atoms with E-state index in [4.69, 9.17) is 0 Å². The molecule has 0 unspecified atom stereocenters. The number of carbonyl (C=O) groups is 1. The molecular formula is C20H33N3O3S. The van der Waals surface area contributed by atoms with Crippen molar-refractivity contribution in [2.24, 2.45) is 0 Å². The molecule has 1 aliphatic carbocycles. The van der Waals surface area contributed by atoms with Crippen LogP contribution in [-0.2, 0) is 10.0 Å². The lowest BCUT2D eigenvalue weighted by Crippen LogP contribution is -2.52. The number of sulfonamides is 1. The first-order valence-corrected chi connectivity index (χ1v) is 11.5. The van der Waals surface area contributed by atoms with E-state index in [0.29, 0.717) is 24.2 Å². The van der Waals surface area contributed by atoms with Gasteiger partial charge in [-0.1, -0.05) is 38.7 Å². The van der Waals surface area contributed by atoms with E-state index >= 15 is 0 Å². The van der Waals surface area contributed by atoms with Crippen LogP contribution in [0.5, 0.6) is 0 Å². The van der Waals surface area contributed by atoms with Gasteiger partial charge in [0.15, 0.2) is 0 Å². The van der Waals surface area contributed by atoms with E-state index in [-0.39, 0.29) is 17.2 Å². The van der Waals surface area contributed by atoms with Crippen molar-refractivity contribution >= 4 is 21.6 Å². The number of amides is 1. The largest absolute Gasteiger partial charge is 0.350 e. The van der Waals surface area contributed by atoms with Gasteiger partial charge in [-0.25, -0.2) is 8.42 Å². The Bertz CT molecular complexity index is 724. The number of hydrogen-bond donors (Lipinski definition) is 2. The summed E-state index contributed by atoms with van der Waals surface area (Å²) in [4.78, 5) is 14.9. The van der Waals surface area contributed by atoms with E-state index in [1.807, 2.05) is 6.92 Å². The molecule has 2 rings (SSSR count). The quantitative estimate of drug-likeness (QED) is 0.663. The van der Waals surface area contributed by atoms with Crippen molar-refractivity contribution in [2.75, 3.05) is 31.1 Å². The highest BCUT2D eigenvalue weighted by molar-refractivity contribution is 7.92. The van der Waals surface area contributed by atoms with Gasteiger partial charge in [0.2, 0.25) is 10.0 Å². The number of rotatable bonds is 8. The molecule has 1 aromatic carbocycles. The lowest BCUT2D eigenvalue weighted by molar-refractivity contribution is 0.0869. The van der Waals surface area contributed by atoms with Gasteiger partial charge in [-0.15, -0.1) is 0 Å². The van der Waals surface area contributed by atoms with Gasteiger partial charge in [-0.3, -0.25) is 9.52 Å². The molecule has 1 amide bonds. The average molecular weight is 396 g/mol. The molecule has 7 heteroatoms. The molecule has 1 aliphatic rings. The molecule has 1 fully saturated rings. The smallest absolute Gasteiger partial charge is 0.251 e. The van der Waals surface area contributed by atoms with Gasteiger partial charge >= 0.3 is 0 Å². The third kappa shape index (κ3) is 6.21. The Morgan fingerprint density at radius 3 is 2.41 bits per heavy atom. The van der Waals surface area contributed by atoms with Crippen molar-refractivity contribution in [3.63, 3.8) is 0 Å². The minimum atomic E-state index is -3.37. The second-order valence-electron chi connectivity index (χ2n) is 7.72. The predicted molar refractivity (Wildman–Crippen MR) is 111 cm³/mol. The fourth-order valence-electron chi connectivity index (χ4n) is 3.74. The predicted octanol–water partition coefficient (Wildman–Crippen LogP) is 3.22. The molecule has 0 saturated heterocycles. The maximum atomic E-state index is 12.7. The molecule has 1 aromatic rings. The van der Waals surface area contributed by atoms with Crippen molar-refractivity contribution in [3.8, 4) is 0 Å². The maximum absolute atomic E-state index is 12.7. The summed E-state index contributed by atoms with van der Waals surface area (Å²) in [5.41, 5.74) is 0.883. The number of carbonyl (C=O) groups excluding carboxylic acids is 1. The molecule has 27 heavy (non-hydrogen) atoms. The van der Waals surface area contributed by atoms with Crippen LogP contribution in [0.1, 0.15) is 62.2 Å². The molecule has 6 nitrogen and oxygen atoms in total. The summed E-state index contributed by atoms with van der Waals surface area (Å²) in [6.07, 6.45) is 7.58. The third-order valence-electron chi connectivity index (χ3n) is 5.43. The zero-order chi connectivity index (χ0) is 19.9. The molecule has 152 valence electrons. The first kappa shape index (κ1) is 21.7. The first-order valence-electron chi connectivity index (χ1n) is 9.84. The van der Waals surface area contributed by atoms with Gasteiger partial charge in [0.1, 0.15) is 0 Å². The third-order valence-corrected chi connectivity index (χ3v) is 6.92. The standard InChI is InChI=1S/C20H33N3O3S/c1-4-14-27(25,26)22-18-11-9-10-17(15-18)19(24)21-16-20(23(2)3)12-7-5-6-8-13-20/h9-11,15,22H,4-8,12-14,16H2,1-3H3,(H,21,24). The number of likely N-dealkylation sites (N-methyl/N-ethyl adjacent to an activating group) is 1. The maximum Gasteiger partial charge on any atom is 0.251 e. The van der Waals surface area contributed by atoms with Crippen LogP contribution in [-0.4, -0.2) is 51.2 Å². The SMILES string of the molecule is CCCS(=O)(=O)Nc1cccc(C(=O)NCC2(N(C)C)CCCCCC2)c1. The summed E-state index contributed by atoms with van der Waals surface area (Å²) in [5.74, 6) is -0.105. The zero-order valence-electron chi connectivity index (χ0n) is 16.8. The Morgan fingerprint density at radius 1 is 1.15 bits per heavy atom. The molecule has 0 heterocycles. The summed E-state index contributed by atoms with van der Waals surface area (Å²) in [7, 11) is 0.798. The van der Waals surface area contributed by atoms with E-state index in [1.165, 1.54) is 25.7 Å². The molecule has 0 atom stereocenters. The van der Waals surface area contributed by atoms with E-state index < -0.39 is 10.0 Å². The molecule has 0 bridgehead atoms. The lowest BCUT2D eigenvalue weighted by atomic mass is 9.88. The molecule has 1 saturated carbocycles. The molecule has 0 spiro atoms. The van der Waals surface area contributed by atoms with Gasteiger partial charge in [-0.05, 0) is 51.6 Å². The van der Waals surface area contributed by atoms with Crippen LogP contribution in [0.15, 0.2) is 24.3 Å². The molecule has 0 radical (unpaired) electrons. The minimum Gasteiger partial charge on any atom is -0.350 e. The molecule has 0 aromatic heterocycles. The Balaban J connectivity index is 2.06. The summed E-state index contributed by atoms with van der Waals surface area (Å²) < 4.78 is 26.4. The topological polar surface area (TPSA) is 78.5 Å².